The monoisotopic (exact) mass is 327 g/mol. The van der Waals surface area contributed by atoms with E-state index in [4.69, 9.17) is 4.74 Å². The molecule has 0 bridgehead atoms. The van der Waals surface area contributed by atoms with Crippen molar-refractivity contribution in [1.29, 1.82) is 0 Å². The zero-order valence-electron chi connectivity index (χ0n) is 14.2. The number of ether oxygens (including phenoxy) is 1. The van der Waals surface area contributed by atoms with Crippen molar-refractivity contribution >= 4 is 5.91 Å². The van der Waals surface area contributed by atoms with Crippen LogP contribution in [0.1, 0.15) is 43.4 Å². The highest BCUT2D eigenvalue weighted by atomic mass is 16.5. The molecule has 24 heavy (non-hydrogen) atoms. The van der Waals surface area contributed by atoms with Crippen LogP contribution in [-0.2, 0) is 4.79 Å². The fourth-order valence-corrected chi connectivity index (χ4v) is 2.44. The first-order chi connectivity index (χ1) is 11.7. The van der Waals surface area contributed by atoms with Crippen LogP contribution in [0, 0.1) is 0 Å². The molecule has 2 aromatic carbocycles. The number of carbonyl (C=O) groups excluding carboxylic acids is 1. The predicted molar refractivity (Wildman–Crippen MR) is 95.1 cm³/mol. The van der Waals surface area contributed by atoms with E-state index in [0.29, 0.717) is 6.61 Å². The summed E-state index contributed by atoms with van der Waals surface area (Å²) in [7, 11) is 0. The van der Waals surface area contributed by atoms with Crippen LogP contribution in [0.5, 0.6) is 5.75 Å². The summed E-state index contributed by atoms with van der Waals surface area (Å²) in [6.45, 7) is 4.44. The van der Waals surface area contributed by atoms with E-state index in [1.54, 1.807) is 0 Å². The van der Waals surface area contributed by atoms with Crippen molar-refractivity contribution < 1.29 is 14.6 Å². The molecule has 4 nitrogen and oxygen atoms in total. The first kappa shape index (κ1) is 18.0. The number of benzene rings is 2. The standard InChI is InChI=1S/C20H25NO3/c1-3-13-24-18-11-9-17(10-12-18)19(14-22)21-20(23)15(2)16-7-5-4-6-8-16/h4-12,15,19,22H,3,13-14H2,1-2H3,(H,21,23)/t15-,19-/m0/s1. The first-order valence-electron chi connectivity index (χ1n) is 8.34. The lowest BCUT2D eigenvalue weighted by atomic mass is 9.99. The Balaban J connectivity index is 2.02. The highest BCUT2D eigenvalue weighted by molar-refractivity contribution is 5.83. The Bertz CT molecular complexity index is 625. The SMILES string of the molecule is CCCOc1ccc([C@H](CO)NC(=O)[C@@H](C)c2ccccc2)cc1. The van der Waals surface area contributed by atoms with Gasteiger partial charge in [-0.1, -0.05) is 49.4 Å². The molecule has 2 atom stereocenters. The summed E-state index contributed by atoms with van der Waals surface area (Å²) < 4.78 is 5.55. The maximum atomic E-state index is 12.4. The average molecular weight is 327 g/mol. The van der Waals surface area contributed by atoms with E-state index in [9.17, 15) is 9.90 Å². The lowest BCUT2D eigenvalue weighted by Crippen LogP contribution is -2.33. The number of carbonyl (C=O) groups is 1. The second-order valence-electron chi connectivity index (χ2n) is 5.79. The van der Waals surface area contributed by atoms with Gasteiger partial charge in [-0.3, -0.25) is 4.79 Å². The molecule has 0 aliphatic carbocycles. The Morgan fingerprint density at radius 2 is 1.75 bits per heavy atom. The number of aliphatic hydroxyl groups excluding tert-OH is 1. The van der Waals surface area contributed by atoms with Gasteiger partial charge in [0.25, 0.3) is 0 Å². The Morgan fingerprint density at radius 1 is 1.08 bits per heavy atom. The lowest BCUT2D eigenvalue weighted by Gasteiger charge is -2.20. The maximum absolute atomic E-state index is 12.4. The number of hydrogen-bond acceptors (Lipinski definition) is 3. The Hall–Kier alpha value is -2.33. The first-order valence-corrected chi connectivity index (χ1v) is 8.34. The minimum Gasteiger partial charge on any atom is -0.494 e. The molecule has 4 heteroatoms. The Kier molecular flexibility index (Phi) is 6.82. The van der Waals surface area contributed by atoms with Crippen molar-refractivity contribution in [2.45, 2.75) is 32.2 Å². The molecule has 2 aromatic rings. The topological polar surface area (TPSA) is 58.6 Å². The molecule has 1 amide bonds. The van der Waals surface area contributed by atoms with Crippen LogP contribution >= 0.6 is 0 Å². The van der Waals surface area contributed by atoms with Crippen LogP contribution in [-0.4, -0.2) is 24.2 Å². The average Bonchev–Trinajstić information content (AvgIpc) is 2.64. The summed E-state index contributed by atoms with van der Waals surface area (Å²) >= 11 is 0. The summed E-state index contributed by atoms with van der Waals surface area (Å²) in [6, 6.07) is 16.7. The zero-order valence-corrected chi connectivity index (χ0v) is 14.2. The molecule has 0 aliphatic heterocycles. The van der Waals surface area contributed by atoms with Gasteiger partial charge < -0.3 is 15.2 Å². The molecule has 0 aromatic heterocycles. The third-order valence-corrected chi connectivity index (χ3v) is 3.95. The van der Waals surface area contributed by atoms with Crippen LogP contribution in [0.2, 0.25) is 0 Å². The number of aliphatic hydroxyl groups is 1. The number of rotatable bonds is 8. The quantitative estimate of drug-likeness (QED) is 0.781. The van der Waals surface area contributed by atoms with E-state index in [1.807, 2.05) is 61.5 Å². The highest BCUT2D eigenvalue weighted by Crippen LogP contribution is 2.20. The van der Waals surface area contributed by atoms with E-state index in [0.717, 1.165) is 23.3 Å². The summed E-state index contributed by atoms with van der Waals surface area (Å²) in [5.41, 5.74) is 1.81. The smallest absolute Gasteiger partial charge is 0.227 e. The molecular formula is C20H25NO3. The van der Waals surface area contributed by atoms with Crippen molar-refractivity contribution in [3.63, 3.8) is 0 Å². The summed E-state index contributed by atoms with van der Waals surface area (Å²) in [6.07, 6.45) is 0.953. The molecule has 0 unspecified atom stereocenters. The van der Waals surface area contributed by atoms with Crippen LogP contribution in [0.3, 0.4) is 0 Å². The Morgan fingerprint density at radius 3 is 2.33 bits per heavy atom. The third-order valence-electron chi connectivity index (χ3n) is 3.95. The van der Waals surface area contributed by atoms with Gasteiger partial charge in [0.15, 0.2) is 0 Å². The summed E-state index contributed by atoms with van der Waals surface area (Å²) in [5, 5.41) is 12.6. The van der Waals surface area contributed by atoms with E-state index < -0.39 is 6.04 Å². The number of amides is 1. The van der Waals surface area contributed by atoms with Crippen molar-refractivity contribution in [1.82, 2.24) is 5.32 Å². The maximum Gasteiger partial charge on any atom is 0.227 e. The third kappa shape index (κ3) is 4.83. The molecule has 0 aliphatic rings. The summed E-state index contributed by atoms with van der Waals surface area (Å²) in [5.74, 6) is 0.417. The van der Waals surface area contributed by atoms with E-state index in [2.05, 4.69) is 12.2 Å². The fraction of sp³-hybridized carbons (Fsp3) is 0.350. The van der Waals surface area contributed by atoms with Crippen molar-refractivity contribution in [2.24, 2.45) is 0 Å². The molecule has 0 saturated heterocycles. The lowest BCUT2D eigenvalue weighted by molar-refractivity contribution is -0.123. The normalized spacial score (nSPS) is 13.1. The molecule has 0 saturated carbocycles. The molecule has 0 fully saturated rings. The van der Waals surface area contributed by atoms with Gasteiger partial charge in [-0.2, -0.15) is 0 Å². The van der Waals surface area contributed by atoms with Crippen molar-refractivity contribution in [2.75, 3.05) is 13.2 Å². The molecule has 0 radical (unpaired) electrons. The molecule has 0 heterocycles. The van der Waals surface area contributed by atoms with Crippen LogP contribution < -0.4 is 10.1 Å². The van der Waals surface area contributed by atoms with Gasteiger partial charge in [-0.25, -0.2) is 0 Å². The minimum absolute atomic E-state index is 0.105. The van der Waals surface area contributed by atoms with Gasteiger partial charge in [0.2, 0.25) is 5.91 Å². The summed E-state index contributed by atoms with van der Waals surface area (Å²) in [4.78, 5) is 12.4. The van der Waals surface area contributed by atoms with Gasteiger partial charge in [0.1, 0.15) is 5.75 Å². The van der Waals surface area contributed by atoms with Gasteiger partial charge in [0, 0.05) is 0 Å². The Labute approximate surface area is 143 Å². The number of hydrogen-bond donors (Lipinski definition) is 2. The molecular weight excluding hydrogens is 302 g/mol. The van der Waals surface area contributed by atoms with Crippen LogP contribution in [0.15, 0.2) is 54.6 Å². The van der Waals surface area contributed by atoms with E-state index >= 15 is 0 Å². The van der Waals surface area contributed by atoms with Gasteiger partial charge in [-0.15, -0.1) is 0 Å². The number of nitrogens with one attached hydrogen (secondary N) is 1. The van der Waals surface area contributed by atoms with Crippen LogP contribution in [0.4, 0.5) is 0 Å². The second-order valence-corrected chi connectivity index (χ2v) is 5.79. The molecule has 2 rings (SSSR count). The fourth-order valence-electron chi connectivity index (χ4n) is 2.44. The minimum atomic E-state index is -0.427. The zero-order chi connectivity index (χ0) is 17.4. The largest absolute Gasteiger partial charge is 0.494 e. The highest BCUT2D eigenvalue weighted by Gasteiger charge is 2.19. The van der Waals surface area contributed by atoms with E-state index in [1.165, 1.54) is 0 Å². The van der Waals surface area contributed by atoms with Crippen molar-refractivity contribution in [3.8, 4) is 5.75 Å². The second kappa shape index (κ2) is 9.08. The molecule has 0 spiro atoms. The van der Waals surface area contributed by atoms with Gasteiger partial charge in [0.05, 0.1) is 25.2 Å². The van der Waals surface area contributed by atoms with Gasteiger partial charge >= 0.3 is 0 Å². The van der Waals surface area contributed by atoms with Crippen LogP contribution in [0.25, 0.3) is 0 Å². The predicted octanol–water partition coefficient (Wildman–Crippen LogP) is 3.43. The van der Waals surface area contributed by atoms with Crippen molar-refractivity contribution in [3.05, 3.63) is 65.7 Å². The molecule has 128 valence electrons. The van der Waals surface area contributed by atoms with Gasteiger partial charge in [-0.05, 0) is 36.6 Å². The molecule has 2 N–H and O–H groups in total. The van der Waals surface area contributed by atoms with E-state index in [-0.39, 0.29) is 18.4 Å².